The standard InChI is InChI=1S/C18H21F2N3/c1-11(2)15-10-12(3)16(19)18(17(15)20)22-21-13-6-8-14(9-7-13)23(4)5/h6-11H,1-5H3/b22-21+. The molecule has 3 nitrogen and oxygen atoms in total. The lowest BCUT2D eigenvalue weighted by Gasteiger charge is -2.12. The first kappa shape index (κ1) is 17.1. The van der Waals surface area contributed by atoms with Gasteiger partial charge >= 0.3 is 0 Å². The molecule has 0 N–H and O–H groups in total. The molecule has 0 fully saturated rings. The highest BCUT2D eigenvalue weighted by molar-refractivity contribution is 5.52. The number of anilines is 1. The van der Waals surface area contributed by atoms with E-state index in [1.165, 1.54) is 6.07 Å². The zero-order valence-corrected chi connectivity index (χ0v) is 14.1. The zero-order chi connectivity index (χ0) is 17.1. The molecule has 0 heterocycles. The van der Waals surface area contributed by atoms with Crippen LogP contribution < -0.4 is 4.90 Å². The Morgan fingerprint density at radius 3 is 2.09 bits per heavy atom. The van der Waals surface area contributed by atoms with Gasteiger partial charge in [-0.25, -0.2) is 8.78 Å². The number of benzene rings is 2. The molecular weight excluding hydrogens is 296 g/mol. The van der Waals surface area contributed by atoms with E-state index in [0.717, 1.165) is 5.69 Å². The Hall–Kier alpha value is -2.30. The normalized spacial score (nSPS) is 11.5. The number of nitrogens with zero attached hydrogens (tertiary/aromatic N) is 3. The van der Waals surface area contributed by atoms with Gasteiger partial charge in [-0.15, -0.1) is 5.11 Å². The second kappa shape index (κ2) is 6.86. The van der Waals surface area contributed by atoms with Crippen molar-refractivity contribution in [2.45, 2.75) is 26.7 Å². The minimum Gasteiger partial charge on any atom is -0.378 e. The molecule has 0 atom stereocenters. The highest BCUT2D eigenvalue weighted by atomic mass is 19.1. The molecule has 5 heteroatoms. The molecule has 0 saturated carbocycles. The lowest BCUT2D eigenvalue weighted by molar-refractivity contribution is 0.562. The smallest absolute Gasteiger partial charge is 0.157 e. The summed E-state index contributed by atoms with van der Waals surface area (Å²) >= 11 is 0. The summed E-state index contributed by atoms with van der Waals surface area (Å²) in [6.45, 7) is 5.32. The third kappa shape index (κ3) is 3.73. The van der Waals surface area contributed by atoms with Gasteiger partial charge in [0, 0.05) is 19.8 Å². The number of hydrogen-bond acceptors (Lipinski definition) is 3. The summed E-state index contributed by atoms with van der Waals surface area (Å²) < 4.78 is 28.6. The van der Waals surface area contributed by atoms with Crippen molar-refractivity contribution in [2.24, 2.45) is 10.2 Å². The molecule has 0 spiro atoms. The molecule has 2 rings (SSSR count). The van der Waals surface area contributed by atoms with Crippen LogP contribution in [-0.2, 0) is 0 Å². The van der Waals surface area contributed by atoms with Crippen molar-refractivity contribution in [3.05, 3.63) is 53.1 Å². The van der Waals surface area contributed by atoms with Gasteiger partial charge < -0.3 is 4.90 Å². The van der Waals surface area contributed by atoms with Crippen LogP contribution in [0.5, 0.6) is 0 Å². The highest BCUT2D eigenvalue weighted by Gasteiger charge is 2.18. The third-order valence-electron chi connectivity index (χ3n) is 3.64. The van der Waals surface area contributed by atoms with Crippen molar-refractivity contribution >= 4 is 17.1 Å². The summed E-state index contributed by atoms with van der Waals surface area (Å²) in [6.07, 6.45) is 0. The molecule has 0 aliphatic heterocycles. The lowest BCUT2D eigenvalue weighted by atomic mass is 9.99. The van der Waals surface area contributed by atoms with E-state index < -0.39 is 11.6 Å². The highest BCUT2D eigenvalue weighted by Crippen LogP contribution is 2.33. The number of azo groups is 1. The molecule has 0 saturated heterocycles. The van der Waals surface area contributed by atoms with Crippen LogP contribution in [0.4, 0.5) is 25.8 Å². The predicted molar refractivity (Wildman–Crippen MR) is 90.1 cm³/mol. The SMILES string of the molecule is Cc1cc(C(C)C)c(F)c(/N=N/c2ccc(N(C)C)cc2)c1F. The summed E-state index contributed by atoms with van der Waals surface area (Å²) in [4.78, 5) is 1.95. The summed E-state index contributed by atoms with van der Waals surface area (Å²) in [5.41, 5.74) is 2.04. The van der Waals surface area contributed by atoms with Gasteiger partial charge in [0.1, 0.15) is 0 Å². The van der Waals surface area contributed by atoms with E-state index in [1.54, 1.807) is 19.1 Å². The van der Waals surface area contributed by atoms with Gasteiger partial charge in [0.05, 0.1) is 5.69 Å². The van der Waals surface area contributed by atoms with Gasteiger partial charge in [0.2, 0.25) is 0 Å². The molecule has 0 radical (unpaired) electrons. The Morgan fingerprint density at radius 1 is 0.957 bits per heavy atom. The number of hydrogen-bond donors (Lipinski definition) is 0. The minimum absolute atomic E-state index is 0.0531. The second-order valence-electron chi connectivity index (χ2n) is 6.02. The van der Waals surface area contributed by atoms with Crippen LogP contribution in [0.3, 0.4) is 0 Å². The molecule has 0 bridgehead atoms. The second-order valence-corrected chi connectivity index (χ2v) is 6.02. The zero-order valence-electron chi connectivity index (χ0n) is 14.1. The van der Waals surface area contributed by atoms with Gasteiger partial charge in [0.15, 0.2) is 17.3 Å². The van der Waals surface area contributed by atoms with E-state index in [-0.39, 0.29) is 11.6 Å². The molecule has 2 aromatic carbocycles. The Morgan fingerprint density at radius 2 is 1.57 bits per heavy atom. The fraction of sp³-hybridized carbons (Fsp3) is 0.333. The molecule has 0 aliphatic rings. The van der Waals surface area contributed by atoms with Crippen molar-refractivity contribution < 1.29 is 8.78 Å². The Bertz CT molecular complexity index is 720. The van der Waals surface area contributed by atoms with Crippen LogP contribution in [0.2, 0.25) is 0 Å². The van der Waals surface area contributed by atoms with E-state index in [2.05, 4.69) is 10.2 Å². The van der Waals surface area contributed by atoms with E-state index in [1.807, 2.05) is 45.0 Å². The van der Waals surface area contributed by atoms with Crippen molar-refractivity contribution in [2.75, 3.05) is 19.0 Å². The third-order valence-corrected chi connectivity index (χ3v) is 3.64. The molecule has 23 heavy (non-hydrogen) atoms. The largest absolute Gasteiger partial charge is 0.378 e. The van der Waals surface area contributed by atoms with Crippen molar-refractivity contribution in [1.82, 2.24) is 0 Å². The number of rotatable bonds is 4. The molecule has 122 valence electrons. The fourth-order valence-corrected chi connectivity index (χ4v) is 2.21. The van der Waals surface area contributed by atoms with E-state index in [4.69, 9.17) is 0 Å². The summed E-state index contributed by atoms with van der Waals surface area (Å²) in [5, 5.41) is 7.78. The lowest BCUT2D eigenvalue weighted by Crippen LogP contribution is -2.07. The first-order chi connectivity index (χ1) is 10.8. The molecule has 0 amide bonds. The van der Waals surface area contributed by atoms with E-state index >= 15 is 0 Å². The van der Waals surface area contributed by atoms with Crippen LogP contribution in [0.25, 0.3) is 0 Å². The average Bonchev–Trinajstić information content (AvgIpc) is 2.51. The van der Waals surface area contributed by atoms with E-state index in [0.29, 0.717) is 16.8 Å². The maximum Gasteiger partial charge on any atom is 0.157 e. The molecule has 2 aromatic rings. The molecule has 0 aliphatic carbocycles. The predicted octanol–water partition coefficient (Wildman–Crippen LogP) is 5.88. The van der Waals surface area contributed by atoms with Gasteiger partial charge in [-0.05, 0) is 54.3 Å². The number of halogens is 2. The summed E-state index contributed by atoms with van der Waals surface area (Å²) in [5.74, 6) is -1.36. The van der Waals surface area contributed by atoms with Crippen LogP contribution in [-0.4, -0.2) is 14.1 Å². The summed E-state index contributed by atoms with van der Waals surface area (Å²) in [6, 6.07) is 8.79. The quantitative estimate of drug-likeness (QED) is 0.647. The Kier molecular flexibility index (Phi) is 5.08. The van der Waals surface area contributed by atoms with Crippen molar-refractivity contribution in [1.29, 1.82) is 0 Å². The van der Waals surface area contributed by atoms with Crippen molar-refractivity contribution in [3.8, 4) is 0 Å². The Balaban J connectivity index is 2.39. The first-order valence-electron chi connectivity index (χ1n) is 7.49. The van der Waals surface area contributed by atoms with Crippen LogP contribution >= 0.6 is 0 Å². The molecule has 0 unspecified atom stereocenters. The van der Waals surface area contributed by atoms with Crippen molar-refractivity contribution in [3.63, 3.8) is 0 Å². The topological polar surface area (TPSA) is 28.0 Å². The molecule has 0 aromatic heterocycles. The van der Waals surface area contributed by atoms with Crippen LogP contribution in [0.15, 0.2) is 40.6 Å². The maximum atomic E-state index is 14.4. The first-order valence-corrected chi connectivity index (χ1v) is 7.49. The van der Waals surface area contributed by atoms with Gasteiger partial charge in [-0.1, -0.05) is 13.8 Å². The van der Waals surface area contributed by atoms with Crippen LogP contribution in [0, 0.1) is 18.6 Å². The van der Waals surface area contributed by atoms with Crippen LogP contribution in [0.1, 0.15) is 30.9 Å². The summed E-state index contributed by atoms with van der Waals surface area (Å²) in [7, 11) is 3.86. The van der Waals surface area contributed by atoms with E-state index in [9.17, 15) is 8.78 Å². The van der Waals surface area contributed by atoms with Gasteiger partial charge in [0.25, 0.3) is 0 Å². The fourth-order valence-electron chi connectivity index (χ4n) is 2.21. The van der Waals surface area contributed by atoms with Gasteiger partial charge in [-0.3, -0.25) is 0 Å². The maximum absolute atomic E-state index is 14.4. The minimum atomic E-state index is -0.666. The Labute approximate surface area is 135 Å². The average molecular weight is 317 g/mol. The number of aryl methyl sites for hydroxylation is 1. The molecular formula is C18H21F2N3. The van der Waals surface area contributed by atoms with Gasteiger partial charge in [-0.2, -0.15) is 5.11 Å². The monoisotopic (exact) mass is 317 g/mol.